The van der Waals surface area contributed by atoms with Crippen molar-refractivity contribution in [3.8, 4) is 11.5 Å². The van der Waals surface area contributed by atoms with E-state index in [2.05, 4.69) is 5.32 Å². The van der Waals surface area contributed by atoms with E-state index in [0.717, 1.165) is 18.4 Å². The number of carbonyl (C=O) groups is 2. The second-order valence-electron chi connectivity index (χ2n) is 6.91. The third-order valence-electron chi connectivity index (χ3n) is 4.71. The number of hydrogen-bond acceptors (Lipinski definition) is 4. The number of amides is 2. The zero-order valence-corrected chi connectivity index (χ0v) is 17.2. The Hall–Kier alpha value is -2.73. The molecule has 1 aliphatic carbocycles. The van der Waals surface area contributed by atoms with Gasteiger partial charge in [0.05, 0.1) is 7.11 Å². The van der Waals surface area contributed by atoms with Gasteiger partial charge in [0.2, 0.25) is 5.91 Å². The van der Waals surface area contributed by atoms with E-state index < -0.39 is 0 Å². The van der Waals surface area contributed by atoms with Crippen molar-refractivity contribution in [1.82, 2.24) is 10.2 Å². The number of para-hydroxylation sites is 2. The van der Waals surface area contributed by atoms with Crippen LogP contribution in [0.15, 0.2) is 48.5 Å². The Morgan fingerprint density at radius 2 is 1.79 bits per heavy atom. The lowest BCUT2D eigenvalue weighted by atomic mass is 10.2. The summed E-state index contributed by atoms with van der Waals surface area (Å²) in [5.41, 5.74) is 0.975. The van der Waals surface area contributed by atoms with Crippen molar-refractivity contribution in [2.75, 3.05) is 20.3 Å². The van der Waals surface area contributed by atoms with E-state index in [1.165, 1.54) is 0 Å². The molecule has 2 aromatic rings. The normalized spacial score (nSPS) is 12.9. The summed E-state index contributed by atoms with van der Waals surface area (Å²) >= 11 is 5.86. The number of halogens is 1. The Bertz CT molecular complexity index is 837. The number of methoxy groups -OCH3 is 1. The molecular formula is C22H25ClN2O4. The summed E-state index contributed by atoms with van der Waals surface area (Å²) in [6.07, 6.45) is 2.18. The zero-order chi connectivity index (χ0) is 20.6. The molecule has 0 atom stereocenters. The minimum Gasteiger partial charge on any atom is -0.493 e. The van der Waals surface area contributed by atoms with Gasteiger partial charge >= 0.3 is 0 Å². The van der Waals surface area contributed by atoms with Gasteiger partial charge in [0.25, 0.3) is 5.91 Å². The minimum absolute atomic E-state index is 0.0801. The molecule has 0 unspecified atom stereocenters. The molecule has 0 saturated heterocycles. The van der Waals surface area contributed by atoms with Crippen LogP contribution in [0.5, 0.6) is 11.5 Å². The first-order valence-electron chi connectivity index (χ1n) is 9.63. The number of benzene rings is 2. The summed E-state index contributed by atoms with van der Waals surface area (Å²) in [6, 6.07) is 14.7. The van der Waals surface area contributed by atoms with E-state index in [-0.39, 0.29) is 30.9 Å². The van der Waals surface area contributed by atoms with Crippen molar-refractivity contribution < 1.29 is 19.1 Å². The highest BCUT2D eigenvalue weighted by atomic mass is 35.5. The van der Waals surface area contributed by atoms with Crippen LogP contribution in [0.4, 0.5) is 0 Å². The molecule has 0 aromatic heterocycles. The predicted octanol–water partition coefficient (Wildman–Crippen LogP) is 3.42. The van der Waals surface area contributed by atoms with Gasteiger partial charge in [-0.1, -0.05) is 35.9 Å². The van der Waals surface area contributed by atoms with E-state index >= 15 is 0 Å². The molecule has 1 saturated carbocycles. The lowest BCUT2D eigenvalue weighted by Crippen LogP contribution is -2.39. The van der Waals surface area contributed by atoms with E-state index in [4.69, 9.17) is 21.1 Å². The first-order valence-corrected chi connectivity index (χ1v) is 10.0. The van der Waals surface area contributed by atoms with Crippen LogP contribution in [-0.2, 0) is 16.1 Å². The maximum Gasteiger partial charge on any atom is 0.260 e. The van der Waals surface area contributed by atoms with Crippen molar-refractivity contribution >= 4 is 23.4 Å². The van der Waals surface area contributed by atoms with E-state index in [1.807, 2.05) is 24.3 Å². The molecule has 154 valence electrons. The number of nitrogens with zero attached hydrogens (tertiary/aromatic N) is 1. The molecule has 29 heavy (non-hydrogen) atoms. The highest BCUT2D eigenvalue weighted by molar-refractivity contribution is 6.30. The fourth-order valence-corrected chi connectivity index (χ4v) is 3.10. The maximum atomic E-state index is 12.6. The van der Waals surface area contributed by atoms with Crippen molar-refractivity contribution in [3.05, 3.63) is 59.1 Å². The van der Waals surface area contributed by atoms with Gasteiger partial charge in [-0.25, -0.2) is 0 Å². The number of ether oxygens (including phenoxy) is 2. The van der Waals surface area contributed by atoms with Gasteiger partial charge in [-0.2, -0.15) is 0 Å². The molecule has 0 heterocycles. The molecule has 3 rings (SSSR count). The van der Waals surface area contributed by atoms with Gasteiger partial charge in [-0.15, -0.1) is 0 Å². The van der Waals surface area contributed by atoms with Gasteiger partial charge in [0.1, 0.15) is 0 Å². The Kier molecular flexibility index (Phi) is 7.36. The van der Waals surface area contributed by atoms with Crippen LogP contribution in [0.2, 0.25) is 5.02 Å². The van der Waals surface area contributed by atoms with Crippen LogP contribution >= 0.6 is 11.6 Å². The van der Waals surface area contributed by atoms with E-state index in [9.17, 15) is 9.59 Å². The number of carbonyl (C=O) groups excluding carboxylic acids is 2. The third-order valence-corrected chi connectivity index (χ3v) is 4.96. The average molecular weight is 417 g/mol. The van der Waals surface area contributed by atoms with Crippen LogP contribution in [0, 0.1) is 0 Å². The van der Waals surface area contributed by atoms with Crippen molar-refractivity contribution in [3.63, 3.8) is 0 Å². The van der Waals surface area contributed by atoms with Crippen LogP contribution in [-0.4, -0.2) is 43.0 Å². The van der Waals surface area contributed by atoms with Gasteiger partial charge in [0, 0.05) is 30.6 Å². The summed E-state index contributed by atoms with van der Waals surface area (Å²) in [6.45, 7) is 0.735. The average Bonchev–Trinajstić information content (AvgIpc) is 3.57. The quantitative estimate of drug-likeness (QED) is 0.644. The number of rotatable bonds is 10. The number of nitrogens with one attached hydrogen (secondary N) is 1. The Balaban J connectivity index is 1.46. The van der Waals surface area contributed by atoms with Gasteiger partial charge in [0.15, 0.2) is 18.1 Å². The summed E-state index contributed by atoms with van der Waals surface area (Å²) < 4.78 is 10.9. The van der Waals surface area contributed by atoms with Crippen LogP contribution < -0.4 is 14.8 Å². The van der Waals surface area contributed by atoms with Gasteiger partial charge in [-0.3, -0.25) is 9.59 Å². The van der Waals surface area contributed by atoms with Crippen molar-refractivity contribution in [2.45, 2.75) is 31.8 Å². The molecular weight excluding hydrogens is 392 g/mol. The Morgan fingerprint density at radius 3 is 2.45 bits per heavy atom. The molecule has 0 spiro atoms. The molecule has 0 bridgehead atoms. The second kappa shape index (κ2) is 10.2. The van der Waals surface area contributed by atoms with Crippen LogP contribution in [0.1, 0.15) is 24.8 Å². The number of hydrogen-bond donors (Lipinski definition) is 1. The zero-order valence-electron chi connectivity index (χ0n) is 16.4. The highest BCUT2D eigenvalue weighted by Crippen LogP contribution is 2.28. The molecule has 2 aromatic carbocycles. The lowest BCUT2D eigenvalue weighted by Gasteiger charge is -2.22. The van der Waals surface area contributed by atoms with Crippen LogP contribution in [0.25, 0.3) is 0 Å². The first-order chi connectivity index (χ1) is 14.1. The first kappa shape index (κ1) is 21.0. The molecule has 1 aliphatic rings. The Morgan fingerprint density at radius 1 is 1.10 bits per heavy atom. The Labute approximate surface area is 175 Å². The third kappa shape index (κ3) is 6.39. The molecule has 6 nitrogen and oxygen atoms in total. The SMILES string of the molecule is COc1ccccc1OCC(=O)N(CCC(=O)NCc1ccc(Cl)cc1)C1CC1. The summed E-state index contributed by atoms with van der Waals surface area (Å²) in [5, 5.41) is 3.54. The largest absolute Gasteiger partial charge is 0.493 e. The topological polar surface area (TPSA) is 67.9 Å². The molecule has 1 fully saturated rings. The van der Waals surface area contributed by atoms with Crippen molar-refractivity contribution in [1.29, 1.82) is 0 Å². The monoisotopic (exact) mass is 416 g/mol. The van der Waals surface area contributed by atoms with Gasteiger partial charge < -0.3 is 19.7 Å². The van der Waals surface area contributed by atoms with Gasteiger partial charge in [-0.05, 0) is 42.7 Å². The molecule has 0 radical (unpaired) electrons. The minimum atomic E-state index is -0.121. The summed E-state index contributed by atoms with van der Waals surface area (Å²) in [4.78, 5) is 26.6. The summed E-state index contributed by atoms with van der Waals surface area (Å²) in [5.74, 6) is 0.896. The van der Waals surface area contributed by atoms with Crippen molar-refractivity contribution in [2.24, 2.45) is 0 Å². The fourth-order valence-electron chi connectivity index (χ4n) is 2.97. The molecule has 0 aliphatic heterocycles. The highest BCUT2D eigenvalue weighted by Gasteiger charge is 2.32. The predicted molar refractivity (Wildman–Crippen MR) is 111 cm³/mol. The molecule has 2 amide bonds. The molecule has 7 heteroatoms. The molecule has 1 N–H and O–H groups in total. The van der Waals surface area contributed by atoms with E-state index in [0.29, 0.717) is 29.6 Å². The van der Waals surface area contributed by atoms with Crippen LogP contribution in [0.3, 0.4) is 0 Å². The standard InChI is InChI=1S/C22H25ClN2O4/c1-28-19-4-2-3-5-20(19)29-15-22(27)25(18-10-11-18)13-12-21(26)24-14-16-6-8-17(23)9-7-16/h2-9,18H,10-15H2,1H3,(H,24,26). The maximum absolute atomic E-state index is 12.6. The second-order valence-corrected chi connectivity index (χ2v) is 7.35. The smallest absolute Gasteiger partial charge is 0.260 e. The fraction of sp³-hybridized carbons (Fsp3) is 0.364. The summed E-state index contributed by atoms with van der Waals surface area (Å²) in [7, 11) is 1.56. The van der Waals surface area contributed by atoms with E-state index in [1.54, 1.807) is 36.3 Å². The lowest BCUT2D eigenvalue weighted by molar-refractivity contribution is -0.134.